The van der Waals surface area contributed by atoms with Crippen LogP contribution in [-0.4, -0.2) is 36.5 Å². The highest BCUT2D eigenvalue weighted by molar-refractivity contribution is 6.03. The SMILES string of the molecule is CC[C@H](C)NC(=O)[C@@H]1C[C@@H](C)N(CC(=O)NC(=O)Nc2ccc(C)cc2C)c2ccccc21. The summed E-state index contributed by atoms with van der Waals surface area (Å²) in [6.45, 7) is 9.96. The van der Waals surface area contributed by atoms with Crippen molar-refractivity contribution >= 4 is 29.2 Å². The second-order valence-corrected chi connectivity index (χ2v) is 8.96. The van der Waals surface area contributed by atoms with Crippen molar-refractivity contribution in [2.75, 3.05) is 16.8 Å². The Morgan fingerprint density at radius 2 is 1.85 bits per heavy atom. The number of rotatable bonds is 6. The van der Waals surface area contributed by atoms with Gasteiger partial charge in [0.05, 0.1) is 12.5 Å². The number of imide groups is 1. The lowest BCUT2D eigenvalue weighted by atomic mass is 9.85. The minimum absolute atomic E-state index is 0.0144. The lowest BCUT2D eigenvalue weighted by molar-refractivity contribution is -0.123. The van der Waals surface area contributed by atoms with Crippen LogP contribution in [0.3, 0.4) is 0 Å². The molecule has 0 fully saturated rings. The van der Waals surface area contributed by atoms with Gasteiger partial charge in [-0.05, 0) is 63.8 Å². The maximum Gasteiger partial charge on any atom is 0.325 e. The van der Waals surface area contributed by atoms with Gasteiger partial charge in [0.1, 0.15) is 0 Å². The Kier molecular flexibility index (Phi) is 7.74. The van der Waals surface area contributed by atoms with Gasteiger partial charge in [0.25, 0.3) is 0 Å². The summed E-state index contributed by atoms with van der Waals surface area (Å²) in [4.78, 5) is 40.0. The van der Waals surface area contributed by atoms with Crippen molar-refractivity contribution in [3.05, 3.63) is 59.2 Å². The second kappa shape index (κ2) is 10.5. The molecular formula is C26H34N4O3. The standard InChI is InChI=1S/C26H34N4O3/c1-6-18(4)27-25(32)21-14-19(5)30(23-10-8-7-9-20(21)23)15-24(31)29-26(33)28-22-12-11-16(2)13-17(22)3/h7-13,18-19,21H,6,14-15H2,1-5H3,(H,27,32)(H2,28,29,31,33)/t18-,19+,21+/m0/s1. The minimum Gasteiger partial charge on any atom is -0.359 e. The van der Waals surface area contributed by atoms with Crippen molar-refractivity contribution in [1.82, 2.24) is 10.6 Å². The number of nitrogens with zero attached hydrogens (tertiary/aromatic N) is 1. The van der Waals surface area contributed by atoms with E-state index in [1.807, 2.05) is 82.0 Å². The smallest absolute Gasteiger partial charge is 0.325 e. The molecule has 3 atom stereocenters. The molecule has 4 amide bonds. The molecule has 0 saturated heterocycles. The zero-order valence-electron chi connectivity index (χ0n) is 20.1. The van der Waals surface area contributed by atoms with E-state index in [0.717, 1.165) is 28.8 Å². The molecule has 7 heteroatoms. The molecule has 7 nitrogen and oxygen atoms in total. The van der Waals surface area contributed by atoms with E-state index in [1.54, 1.807) is 0 Å². The van der Waals surface area contributed by atoms with Gasteiger partial charge in [0.15, 0.2) is 0 Å². The van der Waals surface area contributed by atoms with Crippen LogP contribution in [0.15, 0.2) is 42.5 Å². The molecule has 1 heterocycles. The fraction of sp³-hybridized carbons (Fsp3) is 0.423. The molecule has 0 spiro atoms. The van der Waals surface area contributed by atoms with Crippen LogP contribution in [0, 0.1) is 13.8 Å². The van der Waals surface area contributed by atoms with Gasteiger partial charge < -0.3 is 15.5 Å². The van der Waals surface area contributed by atoms with Gasteiger partial charge in [-0.3, -0.25) is 14.9 Å². The molecule has 0 unspecified atom stereocenters. The summed E-state index contributed by atoms with van der Waals surface area (Å²) in [5.74, 6) is -0.653. The average molecular weight is 451 g/mol. The number of anilines is 2. The van der Waals surface area contributed by atoms with Gasteiger partial charge in [-0.2, -0.15) is 0 Å². The Bertz CT molecular complexity index is 1040. The first kappa shape index (κ1) is 24.3. The number of benzene rings is 2. The topological polar surface area (TPSA) is 90.5 Å². The van der Waals surface area contributed by atoms with Crippen LogP contribution in [0.25, 0.3) is 0 Å². The van der Waals surface area contributed by atoms with Gasteiger partial charge in [0, 0.05) is 23.5 Å². The zero-order chi connectivity index (χ0) is 24.1. The largest absolute Gasteiger partial charge is 0.359 e. The van der Waals surface area contributed by atoms with E-state index in [1.165, 1.54) is 0 Å². The van der Waals surface area contributed by atoms with Crippen LogP contribution in [-0.2, 0) is 9.59 Å². The van der Waals surface area contributed by atoms with E-state index in [-0.39, 0.29) is 30.5 Å². The molecule has 3 N–H and O–H groups in total. The Morgan fingerprint density at radius 1 is 1.12 bits per heavy atom. The molecule has 1 aliphatic rings. The number of amides is 4. The van der Waals surface area contributed by atoms with E-state index in [4.69, 9.17) is 0 Å². The minimum atomic E-state index is -0.560. The third-order valence-corrected chi connectivity index (χ3v) is 6.25. The molecule has 33 heavy (non-hydrogen) atoms. The average Bonchev–Trinajstić information content (AvgIpc) is 2.77. The van der Waals surface area contributed by atoms with Gasteiger partial charge >= 0.3 is 6.03 Å². The van der Waals surface area contributed by atoms with Crippen molar-refractivity contribution < 1.29 is 14.4 Å². The van der Waals surface area contributed by atoms with Crippen LogP contribution in [0.4, 0.5) is 16.2 Å². The summed E-state index contributed by atoms with van der Waals surface area (Å²) in [6.07, 6.45) is 1.47. The van der Waals surface area contributed by atoms with Crippen molar-refractivity contribution in [2.24, 2.45) is 0 Å². The molecule has 0 bridgehead atoms. The molecule has 0 saturated carbocycles. The first-order chi connectivity index (χ1) is 15.7. The molecule has 2 aromatic rings. The molecule has 3 rings (SSSR count). The van der Waals surface area contributed by atoms with E-state index < -0.39 is 11.9 Å². The van der Waals surface area contributed by atoms with Crippen LogP contribution >= 0.6 is 0 Å². The number of hydrogen-bond acceptors (Lipinski definition) is 4. The summed E-state index contributed by atoms with van der Waals surface area (Å²) in [7, 11) is 0. The molecule has 0 radical (unpaired) electrons. The molecule has 1 aliphatic heterocycles. The first-order valence-electron chi connectivity index (χ1n) is 11.5. The molecule has 0 aromatic heterocycles. The number of carbonyl (C=O) groups is 3. The Labute approximate surface area is 195 Å². The predicted molar refractivity (Wildman–Crippen MR) is 132 cm³/mol. The van der Waals surface area contributed by atoms with Crippen LogP contribution in [0.2, 0.25) is 0 Å². The zero-order valence-corrected chi connectivity index (χ0v) is 20.1. The van der Waals surface area contributed by atoms with Crippen LogP contribution in [0.1, 0.15) is 56.2 Å². The second-order valence-electron chi connectivity index (χ2n) is 8.96. The third kappa shape index (κ3) is 5.92. The quantitative estimate of drug-likeness (QED) is 0.614. The van der Waals surface area contributed by atoms with Gasteiger partial charge in [-0.25, -0.2) is 4.79 Å². The molecule has 2 aromatic carbocycles. The highest BCUT2D eigenvalue weighted by Gasteiger charge is 2.35. The summed E-state index contributed by atoms with van der Waals surface area (Å²) in [5, 5.41) is 8.25. The van der Waals surface area contributed by atoms with E-state index in [0.29, 0.717) is 12.1 Å². The summed E-state index contributed by atoms with van der Waals surface area (Å²) >= 11 is 0. The lowest BCUT2D eigenvalue weighted by Crippen LogP contribution is -2.49. The number of carbonyl (C=O) groups excluding carboxylic acids is 3. The fourth-order valence-corrected chi connectivity index (χ4v) is 4.24. The molecule has 176 valence electrons. The lowest BCUT2D eigenvalue weighted by Gasteiger charge is -2.40. The maximum atomic E-state index is 12.9. The number of aryl methyl sites for hydroxylation is 2. The third-order valence-electron chi connectivity index (χ3n) is 6.25. The molecule has 0 aliphatic carbocycles. The van der Waals surface area contributed by atoms with E-state index in [9.17, 15) is 14.4 Å². The number of nitrogens with one attached hydrogen (secondary N) is 3. The van der Waals surface area contributed by atoms with Gasteiger partial charge in [0.2, 0.25) is 11.8 Å². The van der Waals surface area contributed by atoms with Crippen molar-refractivity contribution in [1.29, 1.82) is 0 Å². The van der Waals surface area contributed by atoms with Gasteiger partial charge in [-0.1, -0.05) is 42.8 Å². The maximum absolute atomic E-state index is 12.9. The van der Waals surface area contributed by atoms with Crippen molar-refractivity contribution in [3.8, 4) is 0 Å². The normalized spacial score (nSPS) is 18.2. The van der Waals surface area contributed by atoms with Crippen molar-refractivity contribution in [2.45, 2.75) is 65.5 Å². The summed E-state index contributed by atoms with van der Waals surface area (Å²) in [6, 6.07) is 12.9. The van der Waals surface area contributed by atoms with E-state index in [2.05, 4.69) is 16.0 Å². The van der Waals surface area contributed by atoms with Gasteiger partial charge in [-0.15, -0.1) is 0 Å². The number of fused-ring (bicyclic) bond motifs is 1. The molecular weight excluding hydrogens is 416 g/mol. The number of hydrogen-bond donors (Lipinski definition) is 3. The highest BCUT2D eigenvalue weighted by atomic mass is 16.2. The van der Waals surface area contributed by atoms with Crippen molar-refractivity contribution in [3.63, 3.8) is 0 Å². The Hall–Kier alpha value is -3.35. The first-order valence-corrected chi connectivity index (χ1v) is 11.5. The Morgan fingerprint density at radius 3 is 2.55 bits per heavy atom. The monoisotopic (exact) mass is 450 g/mol. The number of urea groups is 1. The summed E-state index contributed by atoms with van der Waals surface area (Å²) in [5.41, 5.74) is 4.45. The van der Waals surface area contributed by atoms with E-state index >= 15 is 0 Å². The predicted octanol–water partition coefficient (Wildman–Crippen LogP) is 4.25. The number of para-hydroxylation sites is 1. The Balaban J connectivity index is 1.69. The van der Waals surface area contributed by atoms with Crippen LogP contribution < -0.4 is 20.9 Å². The van der Waals surface area contributed by atoms with Crippen LogP contribution in [0.5, 0.6) is 0 Å². The summed E-state index contributed by atoms with van der Waals surface area (Å²) < 4.78 is 0. The highest BCUT2D eigenvalue weighted by Crippen LogP contribution is 2.38. The fourth-order valence-electron chi connectivity index (χ4n) is 4.24.